The number of nitrogens with zero attached hydrogens (tertiary/aromatic N) is 1. The summed E-state index contributed by atoms with van der Waals surface area (Å²) in [5.41, 5.74) is 1.00. The number of ether oxygens (including phenoxy) is 1. The van der Waals surface area contributed by atoms with E-state index in [-0.39, 0.29) is 17.9 Å². The Morgan fingerprint density at radius 1 is 1.24 bits per heavy atom. The Hall–Kier alpha value is -2.31. The van der Waals surface area contributed by atoms with Crippen molar-refractivity contribution >= 4 is 23.2 Å². The summed E-state index contributed by atoms with van der Waals surface area (Å²) in [5.74, 6) is -1.80. The number of amides is 1. The van der Waals surface area contributed by atoms with Gasteiger partial charge in [-0.05, 0) is 23.8 Å². The maximum Gasteiger partial charge on any atom is 0.258 e. The number of carbonyl (C=O) groups is 1. The number of phenols is 1. The number of carbonyl (C=O) groups excluding carboxylic acids is 1. The third kappa shape index (κ3) is 4.21. The third-order valence-corrected chi connectivity index (χ3v) is 4.28. The van der Waals surface area contributed by atoms with E-state index < -0.39 is 11.7 Å². The van der Waals surface area contributed by atoms with E-state index >= 15 is 0 Å². The van der Waals surface area contributed by atoms with Gasteiger partial charge in [-0.3, -0.25) is 4.79 Å². The molecule has 1 heterocycles. The Kier molecular flexibility index (Phi) is 5.40. The van der Waals surface area contributed by atoms with Crippen LogP contribution in [0.2, 0.25) is 5.02 Å². The SMILES string of the molecule is O=C(NCc1ccc(Cl)cc1)c1c(O)cc(N2CCOCC2)cc1F. The molecular weight excluding hydrogens is 347 g/mol. The highest BCUT2D eigenvalue weighted by atomic mass is 35.5. The molecule has 25 heavy (non-hydrogen) atoms. The maximum absolute atomic E-state index is 14.4. The summed E-state index contributed by atoms with van der Waals surface area (Å²) < 4.78 is 19.7. The molecule has 1 amide bonds. The van der Waals surface area contributed by atoms with E-state index in [4.69, 9.17) is 16.3 Å². The van der Waals surface area contributed by atoms with Crippen LogP contribution in [0.15, 0.2) is 36.4 Å². The number of hydrogen-bond donors (Lipinski definition) is 2. The van der Waals surface area contributed by atoms with Gasteiger partial charge in [0.05, 0.1) is 13.2 Å². The number of nitrogens with one attached hydrogen (secondary N) is 1. The molecule has 7 heteroatoms. The number of anilines is 1. The fourth-order valence-electron chi connectivity index (χ4n) is 2.68. The number of morpholine rings is 1. The summed E-state index contributed by atoms with van der Waals surface area (Å²) in [4.78, 5) is 14.1. The summed E-state index contributed by atoms with van der Waals surface area (Å²) >= 11 is 5.81. The van der Waals surface area contributed by atoms with E-state index in [1.54, 1.807) is 24.3 Å². The van der Waals surface area contributed by atoms with E-state index in [9.17, 15) is 14.3 Å². The van der Waals surface area contributed by atoms with Gasteiger partial charge >= 0.3 is 0 Å². The van der Waals surface area contributed by atoms with Crippen LogP contribution in [-0.4, -0.2) is 37.3 Å². The van der Waals surface area contributed by atoms with Crippen LogP contribution in [0.25, 0.3) is 0 Å². The van der Waals surface area contributed by atoms with Gasteiger partial charge in [-0.15, -0.1) is 0 Å². The number of benzene rings is 2. The lowest BCUT2D eigenvalue weighted by Crippen LogP contribution is -2.36. The highest BCUT2D eigenvalue weighted by Gasteiger charge is 2.21. The number of halogens is 2. The molecule has 132 valence electrons. The van der Waals surface area contributed by atoms with Crippen LogP contribution >= 0.6 is 11.6 Å². The van der Waals surface area contributed by atoms with Gasteiger partial charge in [0.2, 0.25) is 0 Å². The van der Waals surface area contributed by atoms with Crippen molar-refractivity contribution in [1.82, 2.24) is 5.32 Å². The summed E-state index contributed by atoms with van der Waals surface area (Å²) in [6, 6.07) is 9.62. The largest absolute Gasteiger partial charge is 0.507 e. The summed E-state index contributed by atoms with van der Waals surface area (Å²) in [7, 11) is 0. The molecule has 1 aliphatic heterocycles. The van der Waals surface area contributed by atoms with Gasteiger partial charge in [0.1, 0.15) is 17.1 Å². The number of phenolic OH excluding ortho intramolecular Hbond substituents is 1. The molecule has 2 N–H and O–H groups in total. The first-order valence-electron chi connectivity index (χ1n) is 7.92. The number of hydrogen-bond acceptors (Lipinski definition) is 4. The first-order chi connectivity index (χ1) is 12.0. The molecule has 0 saturated carbocycles. The second-order valence-electron chi connectivity index (χ2n) is 5.73. The zero-order chi connectivity index (χ0) is 17.8. The smallest absolute Gasteiger partial charge is 0.258 e. The highest BCUT2D eigenvalue weighted by molar-refractivity contribution is 6.30. The van der Waals surface area contributed by atoms with Crippen molar-refractivity contribution in [1.29, 1.82) is 0 Å². The van der Waals surface area contributed by atoms with Gasteiger partial charge in [0, 0.05) is 36.4 Å². The van der Waals surface area contributed by atoms with E-state index in [0.29, 0.717) is 37.0 Å². The second kappa shape index (κ2) is 7.72. The van der Waals surface area contributed by atoms with Crippen LogP contribution in [0.4, 0.5) is 10.1 Å². The third-order valence-electron chi connectivity index (χ3n) is 4.02. The topological polar surface area (TPSA) is 61.8 Å². The maximum atomic E-state index is 14.4. The van der Waals surface area contributed by atoms with E-state index in [1.807, 2.05) is 4.90 Å². The Morgan fingerprint density at radius 2 is 1.92 bits per heavy atom. The van der Waals surface area contributed by atoms with Gasteiger partial charge in [-0.1, -0.05) is 23.7 Å². The van der Waals surface area contributed by atoms with Gasteiger partial charge < -0.3 is 20.1 Å². The van der Waals surface area contributed by atoms with Crippen LogP contribution in [0.3, 0.4) is 0 Å². The molecule has 3 rings (SSSR count). The van der Waals surface area contributed by atoms with Gasteiger partial charge in [0.25, 0.3) is 5.91 Å². The van der Waals surface area contributed by atoms with Crippen molar-refractivity contribution in [3.05, 3.63) is 58.4 Å². The van der Waals surface area contributed by atoms with Crippen molar-refractivity contribution in [2.75, 3.05) is 31.2 Å². The predicted molar refractivity (Wildman–Crippen MR) is 93.7 cm³/mol. The molecule has 0 bridgehead atoms. The van der Waals surface area contributed by atoms with Crippen LogP contribution < -0.4 is 10.2 Å². The summed E-state index contributed by atoms with van der Waals surface area (Å²) in [6.45, 7) is 2.53. The lowest BCUT2D eigenvalue weighted by molar-refractivity contribution is 0.0944. The molecule has 1 fully saturated rings. The molecule has 1 aliphatic rings. The molecule has 5 nitrogen and oxygen atoms in total. The number of aromatic hydroxyl groups is 1. The molecule has 2 aromatic carbocycles. The number of rotatable bonds is 4. The van der Waals surface area contributed by atoms with Crippen molar-refractivity contribution in [3.8, 4) is 5.75 Å². The molecular formula is C18H18ClFN2O3. The minimum atomic E-state index is -0.755. The van der Waals surface area contributed by atoms with E-state index in [0.717, 1.165) is 5.56 Å². The molecule has 0 spiro atoms. The molecule has 2 aromatic rings. The van der Waals surface area contributed by atoms with Crippen molar-refractivity contribution in [3.63, 3.8) is 0 Å². The quantitative estimate of drug-likeness (QED) is 0.875. The Labute approximate surface area is 150 Å². The molecule has 0 unspecified atom stereocenters. The van der Waals surface area contributed by atoms with Crippen LogP contribution in [0.1, 0.15) is 15.9 Å². The Morgan fingerprint density at radius 3 is 2.56 bits per heavy atom. The molecule has 0 aliphatic carbocycles. The standard InChI is InChI=1S/C18H18ClFN2O3/c19-13-3-1-12(2-4-13)11-21-18(24)17-15(20)9-14(10-16(17)23)22-5-7-25-8-6-22/h1-4,9-10,23H,5-8,11H2,(H,21,24). The zero-order valence-electron chi connectivity index (χ0n) is 13.5. The first-order valence-corrected chi connectivity index (χ1v) is 8.30. The summed E-state index contributed by atoms with van der Waals surface area (Å²) in [6.07, 6.45) is 0. The molecule has 0 radical (unpaired) electrons. The van der Waals surface area contributed by atoms with Crippen molar-refractivity contribution in [2.45, 2.75) is 6.54 Å². The fraction of sp³-hybridized carbons (Fsp3) is 0.278. The minimum Gasteiger partial charge on any atom is -0.507 e. The van der Waals surface area contributed by atoms with Crippen LogP contribution in [0, 0.1) is 5.82 Å². The molecule has 1 saturated heterocycles. The predicted octanol–water partition coefficient (Wildman–Crippen LogP) is 2.95. The lowest BCUT2D eigenvalue weighted by atomic mass is 10.1. The Bertz CT molecular complexity index is 738. The van der Waals surface area contributed by atoms with Gasteiger partial charge in [0.15, 0.2) is 0 Å². The first kappa shape index (κ1) is 17.5. The van der Waals surface area contributed by atoms with Gasteiger partial charge in [-0.25, -0.2) is 4.39 Å². The fourth-order valence-corrected chi connectivity index (χ4v) is 2.81. The normalized spacial score (nSPS) is 14.4. The van der Waals surface area contributed by atoms with E-state index in [2.05, 4.69) is 5.32 Å². The molecule has 0 atom stereocenters. The molecule has 0 aromatic heterocycles. The highest BCUT2D eigenvalue weighted by Crippen LogP contribution is 2.28. The average Bonchev–Trinajstić information content (AvgIpc) is 2.61. The average molecular weight is 365 g/mol. The van der Waals surface area contributed by atoms with Crippen molar-refractivity contribution in [2.24, 2.45) is 0 Å². The van der Waals surface area contributed by atoms with Gasteiger partial charge in [-0.2, -0.15) is 0 Å². The Balaban J connectivity index is 1.72. The monoisotopic (exact) mass is 364 g/mol. The zero-order valence-corrected chi connectivity index (χ0v) is 14.2. The van der Waals surface area contributed by atoms with Crippen LogP contribution in [0.5, 0.6) is 5.75 Å². The lowest BCUT2D eigenvalue weighted by Gasteiger charge is -2.29. The van der Waals surface area contributed by atoms with Crippen molar-refractivity contribution < 1.29 is 19.0 Å². The minimum absolute atomic E-state index is 0.208. The van der Waals surface area contributed by atoms with Crippen LogP contribution in [-0.2, 0) is 11.3 Å². The second-order valence-corrected chi connectivity index (χ2v) is 6.17. The van der Waals surface area contributed by atoms with E-state index in [1.165, 1.54) is 12.1 Å². The summed E-state index contributed by atoms with van der Waals surface area (Å²) in [5, 5.41) is 13.3.